The molecule has 1 heterocycles. The second-order valence-corrected chi connectivity index (χ2v) is 6.54. The highest BCUT2D eigenvalue weighted by Gasteiger charge is 2.19. The molecule has 28 heavy (non-hydrogen) atoms. The molecule has 3 aromatic rings. The lowest BCUT2D eigenvalue weighted by Crippen LogP contribution is -2.21. The fourth-order valence-electron chi connectivity index (χ4n) is 3.07. The van der Waals surface area contributed by atoms with Crippen molar-refractivity contribution >= 4 is 17.6 Å². The highest BCUT2D eigenvalue weighted by atomic mass is 19.1. The van der Waals surface area contributed by atoms with Crippen LogP contribution >= 0.6 is 0 Å². The monoisotopic (exact) mass is 380 g/mol. The number of ether oxygens (including phenoxy) is 1. The molecule has 5 nitrogen and oxygen atoms in total. The van der Waals surface area contributed by atoms with Crippen LogP contribution in [0, 0.1) is 26.6 Å². The summed E-state index contributed by atoms with van der Waals surface area (Å²) in [5.74, 6) is -1.32. The average Bonchev–Trinajstić information content (AvgIpc) is 2.97. The van der Waals surface area contributed by atoms with Crippen LogP contribution in [0.4, 0.5) is 10.1 Å². The summed E-state index contributed by atoms with van der Waals surface area (Å²) in [6.45, 7) is 5.12. The molecule has 0 fully saturated rings. The Kier molecular flexibility index (Phi) is 5.59. The number of rotatable bonds is 5. The van der Waals surface area contributed by atoms with E-state index >= 15 is 0 Å². The van der Waals surface area contributed by atoms with E-state index in [2.05, 4.69) is 5.32 Å². The number of hydrogen-bond donors (Lipinski definition) is 1. The maximum absolute atomic E-state index is 13.2. The molecule has 0 bridgehead atoms. The molecule has 0 spiro atoms. The summed E-state index contributed by atoms with van der Waals surface area (Å²) in [7, 11) is 0. The number of carbonyl (C=O) groups is 2. The van der Waals surface area contributed by atoms with E-state index in [1.165, 1.54) is 12.1 Å². The third kappa shape index (κ3) is 4.11. The van der Waals surface area contributed by atoms with Gasteiger partial charge in [0, 0.05) is 22.8 Å². The van der Waals surface area contributed by atoms with Gasteiger partial charge in [-0.15, -0.1) is 0 Å². The van der Waals surface area contributed by atoms with Crippen molar-refractivity contribution < 1.29 is 18.7 Å². The fraction of sp³-hybridized carbons (Fsp3) is 0.182. The molecular weight excluding hydrogens is 359 g/mol. The molecule has 0 saturated heterocycles. The zero-order valence-corrected chi connectivity index (χ0v) is 16.0. The van der Waals surface area contributed by atoms with Gasteiger partial charge in [0.05, 0.1) is 5.56 Å². The molecule has 3 rings (SSSR count). The number of nitrogens with one attached hydrogen (secondary N) is 1. The smallest absolute Gasteiger partial charge is 0.340 e. The van der Waals surface area contributed by atoms with Crippen molar-refractivity contribution in [1.29, 1.82) is 0 Å². The average molecular weight is 380 g/mol. The number of aryl methyl sites for hydroxylation is 2. The Morgan fingerprint density at radius 1 is 1.04 bits per heavy atom. The lowest BCUT2D eigenvalue weighted by atomic mass is 10.2. The molecule has 0 saturated carbocycles. The summed E-state index contributed by atoms with van der Waals surface area (Å²) in [6, 6.07) is 15.1. The first-order valence-electron chi connectivity index (χ1n) is 8.84. The van der Waals surface area contributed by atoms with Gasteiger partial charge < -0.3 is 14.6 Å². The zero-order chi connectivity index (χ0) is 20.3. The molecule has 1 aromatic heterocycles. The number of benzene rings is 2. The lowest BCUT2D eigenvalue weighted by molar-refractivity contribution is -0.119. The Labute approximate surface area is 162 Å². The van der Waals surface area contributed by atoms with Crippen LogP contribution in [0.15, 0.2) is 54.6 Å². The first-order chi connectivity index (χ1) is 13.4. The minimum absolute atomic E-state index is 0.328. The van der Waals surface area contributed by atoms with Gasteiger partial charge in [0.15, 0.2) is 6.61 Å². The number of para-hydroxylation sites is 1. The minimum Gasteiger partial charge on any atom is -0.452 e. The van der Waals surface area contributed by atoms with Crippen LogP contribution in [-0.4, -0.2) is 23.1 Å². The summed E-state index contributed by atoms with van der Waals surface area (Å²) in [6.07, 6.45) is 0. The molecule has 0 unspecified atom stereocenters. The molecule has 2 aromatic carbocycles. The molecule has 144 valence electrons. The number of anilines is 1. The van der Waals surface area contributed by atoms with Crippen LogP contribution in [-0.2, 0) is 9.53 Å². The Morgan fingerprint density at radius 3 is 2.39 bits per heavy atom. The topological polar surface area (TPSA) is 60.3 Å². The van der Waals surface area contributed by atoms with Crippen molar-refractivity contribution in [3.63, 3.8) is 0 Å². The van der Waals surface area contributed by atoms with E-state index in [1.54, 1.807) is 31.2 Å². The van der Waals surface area contributed by atoms with Crippen LogP contribution < -0.4 is 5.32 Å². The highest BCUT2D eigenvalue weighted by molar-refractivity contribution is 5.96. The molecular formula is C22H21FN2O3. The maximum Gasteiger partial charge on any atom is 0.340 e. The van der Waals surface area contributed by atoms with Crippen molar-refractivity contribution in [2.75, 3.05) is 11.9 Å². The fourth-order valence-corrected chi connectivity index (χ4v) is 3.07. The van der Waals surface area contributed by atoms with Gasteiger partial charge in [0.1, 0.15) is 5.82 Å². The van der Waals surface area contributed by atoms with Gasteiger partial charge in [-0.3, -0.25) is 4.79 Å². The Balaban J connectivity index is 1.69. The quantitative estimate of drug-likeness (QED) is 0.670. The van der Waals surface area contributed by atoms with Gasteiger partial charge >= 0.3 is 5.97 Å². The molecule has 0 aliphatic heterocycles. The van der Waals surface area contributed by atoms with E-state index in [9.17, 15) is 14.0 Å². The van der Waals surface area contributed by atoms with Gasteiger partial charge in [-0.05, 0) is 62.7 Å². The zero-order valence-electron chi connectivity index (χ0n) is 16.0. The number of carbonyl (C=O) groups excluding carboxylic acids is 2. The molecule has 1 N–H and O–H groups in total. The largest absolute Gasteiger partial charge is 0.452 e. The van der Waals surface area contributed by atoms with Crippen molar-refractivity contribution in [3.8, 4) is 5.69 Å². The number of amides is 1. The second-order valence-electron chi connectivity index (χ2n) is 6.54. The minimum atomic E-state index is -0.582. The second kappa shape index (κ2) is 8.08. The predicted octanol–water partition coefficient (Wildman–Crippen LogP) is 4.34. The SMILES string of the molecule is Cc1ccccc1NC(=O)COC(=O)c1cc(C)n(-c2ccc(F)cc2)c1C. The molecule has 0 aliphatic rings. The Bertz CT molecular complexity index is 1020. The maximum atomic E-state index is 13.2. The standard InChI is InChI=1S/C22H21FN2O3/c1-14-6-4-5-7-20(14)24-21(26)13-28-22(27)19-12-15(2)25(16(19)3)18-10-8-17(23)9-11-18/h4-12H,13H2,1-3H3,(H,24,26). The molecule has 0 atom stereocenters. The number of aromatic nitrogens is 1. The lowest BCUT2D eigenvalue weighted by Gasteiger charge is -2.10. The van der Waals surface area contributed by atoms with E-state index in [0.717, 1.165) is 16.9 Å². The number of halogens is 1. The van der Waals surface area contributed by atoms with E-state index in [1.807, 2.05) is 36.6 Å². The van der Waals surface area contributed by atoms with Crippen LogP contribution in [0.25, 0.3) is 5.69 Å². The predicted molar refractivity (Wildman–Crippen MR) is 105 cm³/mol. The van der Waals surface area contributed by atoms with Crippen LogP contribution in [0.5, 0.6) is 0 Å². The summed E-state index contributed by atoms with van der Waals surface area (Å²) >= 11 is 0. The van der Waals surface area contributed by atoms with E-state index in [0.29, 0.717) is 16.9 Å². The van der Waals surface area contributed by atoms with Gasteiger partial charge in [0.2, 0.25) is 0 Å². The van der Waals surface area contributed by atoms with E-state index < -0.39 is 11.9 Å². The highest BCUT2D eigenvalue weighted by Crippen LogP contribution is 2.22. The number of nitrogens with zero attached hydrogens (tertiary/aromatic N) is 1. The third-order valence-corrected chi connectivity index (χ3v) is 4.49. The van der Waals surface area contributed by atoms with Crippen molar-refractivity contribution in [2.24, 2.45) is 0 Å². The first-order valence-corrected chi connectivity index (χ1v) is 8.84. The van der Waals surface area contributed by atoms with Gasteiger partial charge in [0.25, 0.3) is 5.91 Å². The normalized spacial score (nSPS) is 10.6. The van der Waals surface area contributed by atoms with Crippen molar-refractivity contribution in [2.45, 2.75) is 20.8 Å². The third-order valence-electron chi connectivity index (χ3n) is 4.49. The number of hydrogen-bond acceptors (Lipinski definition) is 3. The Hall–Kier alpha value is -3.41. The van der Waals surface area contributed by atoms with Gasteiger partial charge in [-0.25, -0.2) is 9.18 Å². The van der Waals surface area contributed by atoms with Gasteiger partial charge in [-0.2, -0.15) is 0 Å². The summed E-state index contributed by atoms with van der Waals surface area (Å²) < 4.78 is 20.2. The molecule has 0 radical (unpaired) electrons. The van der Waals surface area contributed by atoms with E-state index in [-0.39, 0.29) is 12.4 Å². The van der Waals surface area contributed by atoms with Crippen molar-refractivity contribution in [3.05, 3.63) is 82.9 Å². The summed E-state index contributed by atoms with van der Waals surface area (Å²) in [4.78, 5) is 24.5. The van der Waals surface area contributed by atoms with Crippen LogP contribution in [0.1, 0.15) is 27.3 Å². The summed E-state index contributed by atoms with van der Waals surface area (Å²) in [5.41, 5.74) is 4.18. The van der Waals surface area contributed by atoms with Gasteiger partial charge in [-0.1, -0.05) is 18.2 Å². The Morgan fingerprint density at radius 2 is 1.71 bits per heavy atom. The van der Waals surface area contributed by atoms with Crippen LogP contribution in [0.3, 0.4) is 0 Å². The number of esters is 1. The van der Waals surface area contributed by atoms with Crippen molar-refractivity contribution in [1.82, 2.24) is 4.57 Å². The first kappa shape index (κ1) is 19.4. The molecule has 0 aliphatic carbocycles. The molecule has 1 amide bonds. The summed E-state index contributed by atoms with van der Waals surface area (Å²) in [5, 5.41) is 2.72. The van der Waals surface area contributed by atoms with E-state index in [4.69, 9.17) is 4.74 Å². The molecule has 6 heteroatoms. The van der Waals surface area contributed by atoms with Crippen LogP contribution in [0.2, 0.25) is 0 Å².